The van der Waals surface area contributed by atoms with Crippen molar-refractivity contribution in [1.82, 2.24) is 0 Å². The van der Waals surface area contributed by atoms with Gasteiger partial charge in [-0.25, -0.2) is 4.39 Å². The first kappa shape index (κ1) is 31.3. The van der Waals surface area contributed by atoms with E-state index in [1.54, 1.807) is 13.0 Å². The lowest BCUT2D eigenvalue weighted by atomic mass is 9.94. The van der Waals surface area contributed by atoms with Gasteiger partial charge in [-0.2, -0.15) is 0 Å². The van der Waals surface area contributed by atoms with Crippen LogP contribution in [0.4, 0.5) is 4.39 Å². The summed E-state index contributed by atoms with van der Waals surface area (Å²) in [5.41, 5.74) is 5.96. The molecule has 5 rings (SSSR count). The molecule has 1 aliphatic carbocycles. The van der Waals surface area contributed by atoms with E-state index in [0.717, 1.165) is 71.6 Å². The van der Waals surface area contributed by atoms with Crippen LogP contribution in [0.2, 0.25) is 0 Å². The van der Waals surface area contributed by atoms with Crippen molar-refractivity contribution in [3.63, 3.8) is 0 Å². The number of rotatable bonds is 9. The van der Waals surface area contributed by atoms with Gasteiger partial charge >= 0.3 is 5.97 Å². The second-order valence-corrected chi connectivity index (χ2v) is 12.4. The molecule has 1 fully saturated rings. The highest BCUT2D eigenvalue weighted by Gasteiger charge is 2.21. The number of fused-ring (bicyclic) bond motifs is 3. The van der Waals surface area contributed by atoms with Gasteiger partial charge in [0.15, 0.2) is 0 Å². The van der Waals surface area contributed by atoms with E-state index in [0.29, 0.717) is 36.7 Å². The Morgan fingerprint density at radius 3 is 2.33 bits per heavy atom. The lowest BCUT2D eigenvalue weighted by Gasteiger charge is -2.22. The molecule has 3 aromatic carbocycles. The standard InChI is InChI=1S/C32H35FO5S.C3H4/c1-36-32(34)12-7-22-5-8-27(9-6-22)38-21-26-18-30-25(19-31(26)33)4-2-3-24-17-28(10-11-29(24)30)37-20-23-13-15-39(35)16-14-23;1-3-2/h5-6,8-11,17-19,23H,2-4,7,12-16,20-21H2,1H3;1H,2H3. The molecule has 0 bridgehead atoms. The normalized spacial score (nSPS) is 17.3. The van der Waals surface area contributed by atoms with E-state index in [1.807, 2.05) is 36.4 Å². The Morgan fingerprint density at radius 1 is 0.976 bits per heavy atom. The molecule has 0 unspecified atom stereocenters. The van der Waals surface area contributed by atoms with Gasteiger partial charge in [0, 0.05) is 34.3 Å². The number of hydrogen-bond acceptors (Lipinski definition) is 5. The smallest absolute Gasteiger partial charge is 0.305 e. The zero-order chi connectivity index (χ0) is 29.9. The number of hydrogen-bond donors (Lipinski definition) is 0. The Kier molecular flexibility index (Phi) is 11.6. The molecule has 7 heteroatoms. The monoisotopic (exact) mass is 590 g/mol. The van der Waals surface area contributed by atoms with Gasteiger partial charge in [0.2, 0.25) is 0 Å². The first-order chi connectivity index (χ1) is 20.4. The third-order valence-electron chi connectivity index (χ3n) is 7.69. The Labute approximate surface area is 251 Å². The third-order valence-corrected chi connectivity index (χ3v) is 9.07. The number of halogens is 1. The van der Waals surface area contributed by atoms with Gasteiger partial charge in [-0.1, -0.05) is 18.2 Å². The van der Waals surface area contributed by atoms with Crippen LogP contribution in [0.15, 0.2) is 54.6 Å². The van der Waals surface area contributed by atoms with E-state index >= 15 is 4.39 Å². The lowest BCUT2D eigenvalue weighted by molar-refractivity contribution is -0.140. The van der Waals surface area contributed by atoms with Crippen LogP contribution < -0.4 is 9.47 Å². The fraction of sp³-hybridized carbons (Fsp3) is 0.400. The van der Waals surface area contributed by atoms with E-state index in [9.17, 15) is 9.00 Å². The zero-order valence-corrected chi connectivity index (χ0v) is 25.3. The van der Waals surface area contributed by atoms with Gasteiger partial charge < -0.3 is 14.2 Å². The van der Waals surface area contributed by atoms with Crippen LogP contribution in [0.1, 0.15) is 54.9 Å². The molecule has 222 valence electrons. The van der Waals surface area contributed by atoms with Crippen molar-refractivity contribution >= 4 is 16.8 Å². The van der Waals surface area contributed by atoms with Gasteiger partial charge in [0.05, 0.1) is 13.7 Å². The fourth-order valence-corrected chi connectivity index (χ4v) is 6.71. The number of carbonyl (C=O) groups excluding carboxylic acids is 1. The summed E-state index contributed by atoms with van der Waals surface area (Å²) < 4.78 is 43.5. The molecule has 0 N–H and O–H groups in total. The number of ether oxygens (including phenoxy) is 3. The molecule has 0 radical (unpaired) electrons. The summed E-state index contributed by atoms with van der Waals surface area (Å²) in [5, 5.41) is 0. The maximum atomic E-state index is 15.1. The van der Waals surface area contributed by atoms with Crippen molar-refractivity contribution in [1.29, 1.82) is 0 Å². The number of esters is 1. The average Bonchev–Trinajstić information content (AvgIpc) is 3.17. The van der Waals surface area contributed by atoms with Crippen molar-refractivity contribution in [2.45, 2.75) is 58.5 Å². The second-order valence-electron chi connectivity index (χ2n) is 10.7. The summed E-state index contributed by atoms with van der Waals surface area (Å²) >= 11 is 0. The first-order valence-corrected chi connectivity index (χ1v) is 16.0. The maximum absolute atomic E-state index is 15.1. The summed E-state index contributed by atoms with van der Waals surface area (Å²) in [6.45, 7) is 2.44. The molecular weight excluding hydrogens is 551 g/mol. The van der Waals surface area contributed by atoms with Gasteiger partial charge in [0.1, 0.15) is 23.9 Å². The number of aryl methyl sites for hydroxylation is 3. The molecule has 1 saturated heterocycles. The van der Waals surface area contributed by atoms with Crippen molar-refractivity contribution in [2.75, 3.05) is 25.2 Å². The molecule has 2 aliphatic rings. The second kappa shape index (κ2) is 15.6. The highest BCUT2D eigenvalue weighted by molar-refractivity contribution is 7.85. The van der Waals surface area contributed by atoms with Crippen LogP contribution in [0.5, 0.6) is 11.5 Å². The SMILES string of the molecule is C#CC.COC(=O)CCc1ccc(OCc2cc3c(cc2F)CCCc2cc(OCC4CCS(=O)CC4)ccc2-3)cc1. The predicted octanol–water partition coefficient (Wildman–Crippen LogP) is 6.84. The summed E-state index contributed by atoms with van der Waals surface area (Å²) in [4.78, 5) is 11.4. The van der Waals surface area contributed by atoms with Gasteiger partial charge in [-0.05, 0) is 116 Å². The summed E-state index contributed by atoms with van der Waals surface area (Å²) in [6, 6.07) is 17.4. The molecular formula is C35H39FO5S. The van der Waals surface area contributed by atoms with Crippen LogP contribution in [0.3, 0.4) is 0 Å². The molecule has 0 saturated carbocycles. The first-order valence-electron chi connectivity index (χ1n) is 14.5. The average molecular weight is 591 g/mol. The minimum absolute atomic E-state index is 0.128. The van der Waals surface area contributed by atoms with Crippen LogP contribution in [-0.4, -0.2) is 35.4 Å². The lowest BCUT2D eigenvalue weighted by Crippen LogP contribution is -2.23. The fourth-order valence-electron chi connectivity index (χ4n) is 5.31. The zero-order valence-electron chi connectivity index (χ0n) is 24.5. The van der Waals surface area contributed by atoms with E-state index in [4.69, 9.17) is 14.2 Å². The van der Waals surface area contributed by atoms with Gasteiger partial charge in [-0.3, -0.25) is 9.00 Å². The number of benzene rings is 3. The predicted molar refractivity (Wildman–Crippen MR) is 166 cm³/mol. The van der Waals surface area contributed by atoms with E-state index in [-0.39, 0.29) is 18.4 Å². The van der Waals surface area contributed by atoms with E-state index in [2.05, 4.69) is 24.5 Å². The van der Waals surface area contributed by atoms with Gasteiger partial charge in [-0.15, -0.1) is 12.3 Å². The van der Waals surface area contributed by atoms with E-state index < -0.39 is 10.8 Å². The molecule has 42 heavy (non-hydrogen) atoms. The Hall–Kier alpha value is -3.63. The summed E-state index contributed by atoms with van der Waals surface area (Å²) in [6.07, 6.45) is 10.1. The molecule has 0 aromatic heterocycles. The van der Waals surface area contributed by atoms with E-state index in [1.165, 1.54) is 12.7 Å². The minimum atomic E-state index is -0.659. The molecule has 0 spiro atoms. The molecule has 1 aliphatic heterocycles. The minimum Gasteiger partial charge on any atom is -0.493 e. The number of terminal acetylenes is 1. The largest absolute Gasteiger partial charge is 0.493 e. The molecule has 3 aromatic rings. The topological polar surface area (TPSA) is 61.8 Å². The van der Waals surface area contributed by atoms with Crippen molar-refractivity contribution in [2.24, 2.45) is 5.92 Å². The van der Waals surface area contributed by atoms with Crippen LogP contribution in [0.25, 0.3) is 11.1 Å². The summed E-state index contributed by atoms with van der Waals surface area (Å²) in [5.74, 6) is 5.30. The highest BCUT2D eigenvalue weighted by Crippen LogP contribution is 2.36. The summed E-state index contributed by atoms with van der Waals surface area (Å²) in [7, 11) is 0.726. The van der Waals surface area contributed by atoms with Gasteiger partial charge in [0.25, 0.3) is 0 Å². The van der Waals surface area contributed by atoms with Crippen molar-refractivity contribution in [3.05, 3.63) is 82.7 Å². The van der Waals surface area contributed by atoms with Crippen LogP contribution in [0, 0.1) is 24.1 Å². The molecule has 0 atom stereocenters. The number of carbonyl (C=O) groups is 1. The molecule has 0 amide bonds. The van der Waals surface area contributed by atoms with Crippen molar-refractivity contribution in [3.8, 4) is 35.0 Å². The Morgan fingerprint density at radius 2 is 1.64 bits per heavy atom. The Bertz CT molecular complexity index is 1420. The molecule has 1 heterocycles. The quantitative estimate of drug-likeness (QED) is 0.202. The van der Waals surface area contributed by atoms with Crippen molar-refractivity contribution < 1.29 is 27.6 Å². The third kappa shape index (κ3) is 8.69. The highest BCUT2D eigenvalue weighted by atomic mass is 32.2. The molecule has 5 nitrogen and oxygen atoms in total. The number of methoxy groups -OCH3 is 1. The van der Waals surface area contributed by atoms with Crippen LogP contribution in [-0.2, 0) is 46.2 Å². The Balaban J connectivity index is 0.00000129. The maximum Gasteiger partial charge on any atom is 0.305 e. The van der Waals surface area contributed by atoms with Crippen LogP contribution >= 0.6 is 0 Å².